The first kappa shape index (κ1) is 19.9. The minimum Gasteiger partial charge on any atom is -0.419 e. The largest absolute Gasteiger partial charge is 0.419 e. The molecule has 0 fully saturated rings. The molecule has 1 aromatic carbocycles. The van der Waals surface area contributed by atoms with Gasteiger partial charge in [0.05, 0.1) is 15.5 Å². The van der Waals surface area contributed by atoms with Gasteiger partial charge in [0.25, 0.3) is 0 Å². The van der Waals surface area contributed by atoms with Gasteiger partial charge in [0, 0.05) is 12.1 Å². The van der Waals surface area contributed by atoms with Gasteiger partial charge in [-0.15, -0.1) is 0 Å². The third-order valence-electron chi connectivity index (χ3n) is 3.54. The lowest BCUT2D eigenvalue weighted by atomic mass is 10.1. The molecule has 0 bridgehead atoms. The Morgan fingerprint density at radius 1 is 1.35 bits per heavy atom. The minimum absolute atomic E-state index is 0.00514. The lowest BCUT2D eigenvalue weighted by molar-refractivity contribution is -0.386. The SMILES string of the molecule is CCCc1nn(C)c(C(=O)Oc2c(Cl)cc(Cl)cc2C(C)=O)c1[N+](=O)[O-]. The highest BCUT2D eigenvalue weighted by molar-refractivity contribution is 6.36. The maximum atomic E-state index is 12.6. The fourth-order valence-corrected chi connectivity index (χ4v) is 2.99. The summed E-state index contributed by atoms with van der Waals surface area (Å²) < 4.78 is 6.31. The van der Waals surface area contributed by atoms with Crippen molar-refractivity contribution in [1.29, 1.82) is 0 Å². The smallest absolute Gasteiger partial charge is 0.369 e. The fourth-order valence-electron chi connectivity index (χ4n) is 2.46. The van der Waals surface area contributed by atoms with Crippen molar-refractivity contribution < 1.29 is 19.2 Å². The van der Waals surface area contributed by atoms with Crippen LogP contribution in [0.2, 0.25) is 10.0 Å². The summed E-state index contributed by atoms with van der Waals surface area (Å²) in [7, 11) is 1.40. The molecular weight excluding hydrogens is 385 g/mol. The molecule has 0 saturated heterocycles. The van der Waals surface area contributed by atoms with Crippen molar-refractivity contribution in [3.63, 3.8) is 0 Å². The molecule has 0 radical (unpaired) electrons. The molecule has 1 heterocycles. The molecule has 138 valence electrons. The Morgan fingerprint density at radius 2 is 2.00 bits per heavy atom. The Balaban J connectivity index is 2.53. The molecule has 10 heteroatoms. The van der Waals surface area contributed by atoms with Crippen LogP contribution < -0.4 is 4.74 Å². The number of carbonyl (C=O) groups is 2. The van der Waals surface area contributed by atoms with Crippen LogP contribution in [0.15, 0.2) is 12.1 Å². The topological polar surface area (TPSA) is 104 Å². The zero-order valence-corrected chi connectivity index (χ0v) is 15.7. The van der Waals surface area contributed by atoms with Gasteiger partial charge in [-0.25, -0.2) is 4.79 Å². The minimum atomic E-state index is -1.04. The standard InChI is InChI=1S/C16H15Cl2N3O5/c1-4-5-12-13(21(24)25)14(20(3)19-12)16(23)26-15-10(8(2)22)6-9(17)7-11(15)18/h6-7H,4-5H2,1-3H3. The van der Waals surface area contributed by atoms with E-state index in [1.54, 1.807) is 0 Å². The quantitative estimate of drug-likeness (QED) is 0.239. The van der Waals surface area contributed by atoms with Gasteiger partial charge >= 0.3 is 11.7 Å². The van der Waals surface area contributed by atoms with Gasteiger partial charge in [0.1, 0.15) is 5.69 Å². The van der Waals surface area contributed by atoms with Crippen LogP contribution in [-0.4, -0.2) is 26.5 Å². The van der Waals surface area contributed by atoms with Crippen molar-refractivity contribution in [3.8, 4) is 5.75 Å². The van der Waals surface area contributed by atoms with Crippen LogP contribution in [0.3, 0.4) is 0 Å². The Hall–Kier alpha value is -2.45. The number of ether oxygens (including phenoxy) is 1. The van der Waals surface area contributed by atoms with E-state index >= 15 is 0 Å². The summed E-state index contributed by atoms with van der Waals surface area (Å²) in [5.74, 6) is -1.68. The second-order valence-electron chi connectivity index (χ2n) is 5.48. The van der Waals surface area contributed by atoms with Gasteiger partial charge in [0.15, 0.2) is 11.5 Å². The van der Waals surface area contributed by atoms with Crippen LogP contribution in [0.5, 0.6) is 5.75 Å². The Morgan fingerprint density at radius 3 is 2.54 bits per heavy atom. The molecule has 26 heavy (non-hydrogen) atoms. The molecule has 0 aliphatic rings. The van der Waals surface area contributed by atoms with Gasteiger partial charge in [-0.05, 0) is 25.5 Å². The molecule has 2 aromatic rings. The Labute approximate surface area is 158 Å². The molecule has 0 aliphatic heterocycles. The van der Waals surface area contributed by atoms with E-state index in [0.717, 1.165) is 4.68 Å². The average molecular weight is 400 g/mol. The second-order valence-corrected chi connectivity index (χ2v) is 6.33. The number of nitro groups is 1. The number of benzene rings is 1. The summed E-state index contributed by atoms with van der Waals surface area (Å²) >= 11 is 11.9. The number of rotatable bonds is 6. The number of aromatic nitrogens is 2. The summed E-state index contributed by atoms with van der Waals surface area (Å²) in [6.45, 7) is 3.09. The van der Waals surface area contributed by atoms with E-state index in [-0.39, 0.29) is 32.7 Å². The number of esters is 1. The van der Waals surface area contributed by atoms with Gasteiger partial charge in [-0.1, -0.05) is 36.5 Å². The van der Waals surface area contributed by atoms with E-state index in [0.29, 0.717) is 12.8 Å². The summed E-state index contributed by atoms with van der Waals surface area (Å²) in [5.41, 5.74) is -0.580. The molecule has 0 saturated carbocycles. The van der Waals surface area contributed by atoms with E-state index in [9.17, 15) is 19.7 Å². The van der Waals surface area contributed by atoms with Crippen LogP contribution in [0.25, 0.3) is 0 Å². The van der Waals surface area contributed by atoms with Crippen LogP contribution in [0.4, 0.5) is 5.69 Å². The van der Waals surface area contributed by atoms with Crippen LogP contribution >= 0.6 is 23.2 Å². The van der Waals surface area contributed by atoms with Gasteiger partial charge in [-0.3, -0.25) is 19.6 Å². The Bertz CT molecular complexity index is 908. The van der Waals surface area contributed by atoms with E-state index in [1.165, 1.54) is 26.1 Å². The number of Topliss-reactive ketones (excluding diaryl/α,β-unsaturated/α-hetero) is 1. The lowest BCUT2D eigenvalue weighted by Crippen LogP contribution is -2.17. The first-order valence-corrected chi connectivity index (χ1v) is 8.35. The van der Waals surface area contributed by atoms with E-state index < -0.39 is 22.4 Å². The van der Waals surface area contributed by atoms with Crippen LogP contribution in [0.1, 0.15) is 46.8 Å². The van der Waals surface area contributed by atoms with Crippen molar-refractivity contribution >= 4 is 40.6 Å². The first-order valence-electron chi connectivity index (χ1n) is 7.59. The third kappa shape index (κ3) is 3.86. The average Bonchev–Trinajstić information content (AvgIpc) is 2.86. The normalized spacial score (nSPS) is 10.7. The highest BCUT2D eigenvalue weighted by atomic mass is 35.5. The molecule has 0 amide bonds. The summed E-state index contributed by atoms with van der Waals surface area (Å²) in [6, 6.07) is 2.61. The number of hydrogen-bond donors (Lipinski definition) is 0. The highest BCUT2D eigenvalue weighted by Crippen LogP contribution is 2.34. The second kappa shape index (κ2) is 7.84. The van der Waals surface area contributed by atoms with Crippen molar-refractivity contribution in [2.75, 3.05) is 0 Å². The van der Waals surface area contributed by atoms with Gasteiger partial charge in [0.2, 0.25) is 5.69 Å². The summed E-state index contributed by atoms with van der Waals surface area (Å²) in [6.07, 6.45) is 0.946. The number of halogens is 2. The van der Waals surface area contributed by atoms with E-state index in [2.05, 4.69) is 5.10 Å². The number of nitrogens with zero attached hydrogens (tertiary/aromatic N) is 3. The van der Waals surface area contributed by atoms with Crippen LogP contribution in [-0.2, 0) is 13.5 Å². The molecule has 0 unspecified atom stereocenters. The summed E-state index contributed by atoms with van der Waals surface area (Å²) in [5, 5.41) is 15.6. The first-order chi connectivity index (χ1) is 12.2. The lowest BCUT2D eigenvalue weighted by Gasteiger charge is -2.10. The zero-order valence-electron chi connectivity index (χ0n) is 14.2. The number of hydrogen-bond acceptors (Lipinski definition) is 6. The van der Waals surface area contributed by atoms with E-state index in [4.69, 9.17) is 27.9 Å². The monoisotopic (exact) mass is 399 g/mol. The Kier molecular flexibility index (Phi) is 5.99. The maximum absolute atomic E-state index is 12.6. The molecular formula is C16H15Cl2N3O5. The molecule has 2 rings (SSSR count). The maximum Gasteiger partial charge on any atom is 0.369 e. The van der Waals surface area contributed by atoms with Gasteiger partial charge < -0.3 is 4.74 Å². The van der Waals surface area contributed by atoms with Crippen molar-refractivity contribution in [1.82, 2.24) is 9.78 Å². The highest BCUT2D eigenvalue weighted by Gasteiger charge is 2.33. The predicted octanol–water partition coefficient (Wildman–Crippen LogP) is 4.01. The van der Waals surface area contributed by atoms with Crippen molar-refractivity contribution in [2.24, 2.45) is 7.05 Å². The molecule has 0 aliphatic carbocycles. The molecule has 1 aromatic heterocycles. The van der Waals surface area contributed by atoms with E-state index in [1.807, 2.05) is 6.92 Å². The van der Waals surface area contributed by atoms with Crippen molar-refractivity contribution in [2.45, 2.75) is 26.7 Å². The van der Waals surface area contributed by atoms with Gasteiger partial charge in [-0.2, -0.15) is 5.10 Å². The predicted molar refractivity (Wildman–Crippen MR) is 95.3 cm³/mol. The molecule has 0 spiro atoms. The number of ketones is 1. The van der Waals surface area contributed by atoms with Crippen molar-refractivity contribution in [3.05, 3.63) is 49.2 Å². The summed E-state index contributed by atoms with van der Waals surface area (Å²) in [4.78, 5) is 35.1. The molecule has 8 nitrogen and oxygen atoms in total. The zero-order chi connectivity index (χ0) is 19.6. The molecule has 0 N–H and O–H groups in total. The number of aryl methyl sites for hydroxylation is 2. The molecule has 0 atom stereocenters. The number of carbonyl (C=O) groups excluding carboxylic acids is 2. The third-order valence-corrected chi connectivity index (χ3v) is 4.04. The fraction of sp³-hybridized carbons (Fsp3) is 0.312. The van der Waals surface area contributed by atoms with Crippen LogP contribution in [0, 0.1) is 10.1 Å².